The minimum absolute atomic E-state index is 0.193. The van der Waals surface area contributed by atoms with E-state index in [4.69, 9.17) is 0 Å². The zero-order chi connectivity index (χ0) is 10.3. The molecule has 0 spiro atoms. The average Bonchev–Trinajstić information content (AvgIpc) is 3.12. The normalized spacial score (nSPS) is 22.4. The highest BCUT2D eigenvalue weighted by Crippen LogP contribution is 2.42. The topological polar surface area (TPSA) is 42.0 Å². The van der Waals surface area contributed by atoms with E-state index in [0.717, 1.165) is 17.8 Å². The molecule has 3 rings (SSSR count). The van der Waals surface area contributed by atoms with Crippen LogP contribution in [0, 0.1) is 11.8 Å². The summed E-state index contributed by atoms with van der Waals surface area (Å²) >= 11 is 1.65. The second-order valence-electron chi connectivity index (χ2n) is 4.47. The highest BCUT2D eigenvalue weighted by atomic mass is 32.1. The zero-order valence-electron chi connectivity index (χ0n) is 8.48. The highest BCUT2D eigenvalue weighted by Gasteiger charge is 2.38. The van der Waals surface area contributed by atoms with Gasteiger partial charge in [-0.2, -0.15) is 0 Å². The van der Waals surface area contributed by atoms with Crippen molar-refractivity contribution in [2.24, 2.45) is 11.8 Å². The van der Waals surface area contributed by atoms with Crippen LogP contribution in [0.5, 0.6) is 0 Å². The monoisotopic (exact) mass is 222 g/mol. The summed E-state index contributed by atoms with van der Waals surface area (Å²) < 4.78 is 0. The molecule has 2 aliphatic carbocycles. The van der Waals surface area contributed by atoms with Gasteiger partial charge >= 0.3 is 0 Å². The smallest absolute Gasteiger partial charge is 0.223 e. The van der Waals surface area contributed by atoms with Crippen LogP contribution in [0.25, 0.3) is 0 Å². The van der Waals surface area contributed by atoms with Crippen molar-refractivity contribution in [3.63, 3.8) is 0 Å². The Morgan fingerprint density at radius 3 is 2.80 bits per heavy atom. The average molecular weight is 222 g/mol. The maximum atomic E-state index is 11.7. The summed E-state index contributed by atoms with van der Waals surface area (Å²) in [5.41, 5.74) is 0. The number of amides is 1. The molecule has 1 N–H and O–H groups in total. The molecule has 3 nitrogen and oxygen atoms in total. The lowest BCUT2D eigenvalue weighted by molar-refractivity contribution is -0.123. The van der Waals surface area contributed by atoms with Crippen LogP contribution in [-0.2, 0) is 4.79 Å². The van der Waals surface area contributed by atoms with Gasteiger partial charge in [0.1, 0.15) is 5.01 Å². The van der Waals surface area contributed by atoms with Crippen LogP contribution in [0.3, 0.4) is 0 Å². The molecule has 0 aromatic carbocycles. The van der Waals surface area contributed by atoms with E-state index in [1.54, 1.807) is 11.3 Å². The summed E-state index contributed by atoms with van der Waals surface area (Å²) in [6.45, 7) is 0. The van der Waals surface area contributed by atoms with Gasteiger partial charge in [-0.15, -0.1) is 11.3 Å². The summed E-state index contributed by atoms with van der Waals surface area (Å²) in [4.78, 5) is 16.0. The molecule has 1 aromatic rings. The van der Waals surface area contributed by atoms with Crippen molar-refractivity contribution < 1.29 is 4.79 Å². The third kappa shape index (κ3) is 2.04. The largest absolute Gasteiger partial charge is 0.346 e. The summed E-state index contributed by atoms with van der Waals surface area (Å²) in [5, 5.41) is 6.21. The van der Waals surface area contributed by atoms with Crippen molar-refractivity contribution in [2.75, 3.05) is 0 Å². The Bertz CT molecular complexity index is 355. The van der Waals surface area contributed by atoms with Gasteiger partial charge in [-0.25, -0.2) is 4.98 Å². The Hall–Kier alpha value is -0.900. The Morgan fingerprint density at radius 1 is 1.47 bits per heavy atom. The number of hydrogen-bond donors (Lipinski definition) is 1. The molecule has 1 unspecified atom stereocenters. The molecule has 2 fully saturated rings. The molecule has 2 aliphatic rings. The molecule has 1 heterocycles. The molecule has 4 heteroatoms. The Kier molecular flexibility index (Phi) is 2.24. The first-order valence-electron chi connectivity index (χ1n) is 5.54. The van der Waals surface area contributed by atoms with Gasteiger partial charge in [-0.05, 0) is 31.6 Å². The van der Waals surface area contributed by atoms with E-state index in [1.165, 1.54) is 12.8 Å². The van der Waals surface area contributed by atoms with E-state index in [9.17, 15) is 4.79 Å². The predicted molar refractivity (Wildman–Crippen MR) is 58.4 cm³/mol. The van der Waals surface area contributed by atoms with E-state index in [1.807, 2.05) is 11.6 Å². The SMILES string of the molecule is O=C(NC(c1nccs1)C1CC1)C1CC1. The van der Waals surface area contributed by atoms with Crippen molar-refractivity contribution in [2.45, 2.75) is 31.7 Å². The Morgan fingerprint density at radius 2 is 2.27 bits per heavy atom. The number of nitrogens with one attached hydrogen (secondary N) is 1. The minimum atomic E-state index is 0.193. The fraction of sp³-hybridized carbons (Fsp3) is 0.636. The van der Waals surface area contributed by atoms with Crippen LogP contribution in [0.2, 0.25) is 0 Å². The lowest BCUT2D eigenvalue weighted by Crippen LogP contribution is -2.30. The fourth-order valence-electron chi connectivity index (χ4n) is 1.82. The maximum absolute atomic E-state index is 11.7. The predicted octanol–water partition coefficient (Wildman–Crippen LogP) is 2.12. The Balaban J connectivity index is 1.70. The first-order chi connectivity index (χ1) is 7.34. The van der Waals surface area contributed by atoms with Crippen LogP contribution in [0.1, 0.15) is 36.7 Å². The lowest BCUT2D eigenvalue weighted by atomic mass is 10.2. The summed E-state index contributed by atoms with van der Waals surface area (Å²) in [5.74, 6) is 1.17. The van der Waals surface area contributed by atoms with E-state index in [2.05, 4.69) is 10.3 Å². The second-order valence-corrected chi connectivity index (χ2v) is 5.39. The van der Waals surface area contributed by atoms with Gasteiger partial charge in [0.2, 0.25) is 5.91 Å². The fourth-order valence-corrected chi connectivity index (χ4v) is 2.60. The number of nitrogens with zero attached hydrogens (tertiary/aromatic N) is 1. The van der Waals surface area contributed by atoms with Gasteiger partial charge < -0.3 is 5.32 Å². The number of hydrogen-bond acceptors (Lipinski definition) is 3. The molecule has 0 aliphatic heterocycles. The molecule has 1 atom stereocenters. The van der Waals surface area contributed by atoms with Gasteiger partial charge in [-0.3, -0.25) is 4.79 Å². The molecule has 2 saturated carbocycles. The Labute approximate surface area is 92.9 Å². The maximum Gasteiger partial charge on any atom is 0.223 e. The van der Waals surface area contributed by atoms with E-state index < -0.39 is 0 Å². The summed E-state index contributed by atoms with van der Waals surface area (Å²) in [7, 11) is 0. The van der Waals surface area contributed by atoms with Crippen molar-refractivity contribution in [1.82, 2.24) is 10.3 Å². The molecule has 1 amide bonds. The molecule has 0 bridgehead atoms. The van der Waals surface area contributed by atoms with Gasteiger partial charge in [-0.1, -0.05) is 0 Å². The van der Waals surface area contributed by atoms with Crippen LogP contribution in [-0.4, -0.2) is 10.9 Å². The minimum Gasteiger partial charge on any atom is -0.346 e. The van der Waals surface area contributed by atoms with Gasteiger partial charge in [0.25, 0.3) is 0 Å². The number of carbonyl (C=O) groups excluding carboxylic acids is 1. The van der Waals surface area contributed by atoms with E-state index in [0.29, 0.717) is 11.8 Å². The first-order valence-corrected chi connectivity index (χ1v) is 6.42. The van der Waals surface area contributed by atoms with Gasteiger partial charge in [0.15, 0.2) is 0 Å². The quantitative estimate of drug-likeness (QED) is 0.848. The van der Waals surface area contributed by atoms with Gasteiger partial charge in [0, 0.05) is 17.5 Å². The molecule has 1 aromatic heterocycles. The number of aromatic nitrogens is 1. The number of rotatable bonds is 4. The van der Waals surface area contributed by atoms with Crippen molar-refractivity contribution in [1.29, 1.82) is 0 Å². The van der Waals surface area contributed by atoms with E-state index in [-0.39, 0.29) is 11.9 Å². The van der Waals surface area contributed by atoms with E-state index >= 15 is 0 Å². The van der Waals surface area contributed by atoms with Crippen molar-refractivity contribution >= 4 is 17.2 Å². The summed E-state index contributed by atoms with van der Waals surface area (Å²) in [6.07, 6.45) is 6.42. The second kappa shape index (κ2) is 3.59. The summed E-state index contributed by atoms with van der Waals surface area (Å²) in [6, 6.07) is 0.193. The van der Waals surface area contributed by atoms with Gasteiger partial charge in [0.05, 0.1) is 6.04 Å². The third-order valence-corrected chi connectivity index (χ3v) is 3.92. The molecule has 0 saturated heterocycles. The van der Waals surface area contributed by atoms with Crippen LogP contribution >= 0.6 is 11.3 Å². The molecular formula is C11H14N2OS. The lowest BCUT2D eigenvalue weighted by Gasteiger charge is -2.15. The molecular weight excluding hydrogens is 208 g/mol. The molecule has 0 radical (unpaired) electrons. The van der Waals surface area contributed by atoms with Crippen LogP contribution < -0.4 is 5.32 Å². The van der Waals surface area contributed by atoms with Crippen LogP contribution in [0.15, 0.2) is 11.6 Å². The zero-order valence-corrected chi connectivity index (χ0v) is 9.30. The third-order valence-electron chi connectivity index (χ3n) is 3.06. The van der Waals surface area contributed by atoms with Crippen molar-refractivity contribution in [3.8, 4) is 0 Å². The highest BCUT2D eigenvalue weighted by molar-refractivity contribution is 7.09. The number of carbonyl (C=O) groups is 1. The molecule has 80 valence electrons. The van der Waals surface area contributed by atoms with Crippen LogP contribution in [0.4, 0.5) is 0 Å². The van der Waals surface area contributed by atoms with Crippen molar-refractivity contribution in [3.05, 3.63) is 16.6 Å². The molecule has 15 heavy (non-hydrogen) atoms. The number of thiazole rings is 1. The standard InChI is InChI=1S/C11H14N2OS/c14-10(8-3-4-8)13-9(7-1-2-7)11-12-5-6-15-11/h5-9H,1-4H2,(H,13,14). The first kappa shape index (κ1) is 9.33.